The number of hydrogen-bond acceptors (Lipinski definition) is 3. The Morgan fingerprint density at radius 1 is 1.00 bits per heavy atom. The number of fused-ring (bicyclic) bond motifs is 1. The molecule has 0 aromatic rings. The summed E-state index contributed by atoms with van der Waals surface area (Å²) in [5.41, 5.74) is 0. The van der Waals surface area contributed by atoms with Gasteiger partial charge in [-0.2, -0.15) is 0 Å². The molecule has 0 bridgehead atoms. The molecular formula is C17H32N2O. The molecule has 0 N–H and O–H groups in total. The van der Waals surface area contributed by atoms with E-state index in [9.17, 15) is 0 Å². The van der Waals surface area contributed by atoms with Crippen LogP contribution in [0.25, 0.3) is 0 Å². The Morgan fingerprint density at radius 2 is 1.85 bits per heavy atom. The lowest BCUT2D eigenvalue weighted by Crippen LogP contribution is -2.63. The quantitative estimate of drug-likeness (QED) is 0.790. The van der Waals surface area contributed by atoms with Crippen molar-refractivity contribution >= 4 is 0 Å². The first-order chi connectivity index (χ1) is 9.69. The molecule has 0 radical (unpaired) electrons. The van der Waals surface area contributed by atoms with E-state index in [4.69, 9.17) is 4.74 Å². The molecule has 2 saturated heterocycles. The highest BCUT2D eigenvalue weighted by Crippen LogP contribution is 2.34. The zero-order chi connectivity index (χ0) is 14.1. The predicted molar refractivity (Wildman–Crippen MR) is 83.0 cm³/mol. The van der Waals surface area contributed by atoms with E-state index in [1.807, 2.05) is 7.11 Å². The fourth-order valence-corrected chi connectivity index (χ4v) is 4.68. The standard InChI is InChI=1S/C17H32N2O/c1-13(2)17-12-18-9-5-4-6-15(18)11-19(17)14-7-8-16(10-14)20-3/h13-17H,4-12H2,1-3H3. The SMILES string of the molecule is COC1CCC(N2CC3CCCCN3CC2C(C)C)C1. The zero-order valence-corrected chi connectivity index (χ0v) is 13.6. The second-order valence-electron chi connectivity index (χ2n) is 7.48. The van der Waals surface area contributed by atoms with Crippen molar-refractivity contribution in [1.82, 2.24) is 9.80 Å². The summed E-state index contributed by atoms with van der Waals surface area (Å²) in [6.07, 6.45) is 8.64. The molecule has 3 rings (SSSR count). The highest BCUT2D eigenvalue weighted by Gasteiger charge is 2.41. The molecule has 3 fully saturated rings. The first-order valence-electron chi connectivity index (χ1n) is 8.71. The van der Waals surface area contributed by atoms with Crippen LogP contribution >= 0.6 is 0 Å². The first-order valence-corrected chi connectivity index (χ1v) is 8.71. The lowest BCUT2D eigenvalue weighted by atomic mass is 9.90. The number of rotatable bonds is 3. The molecule has 0 aromatic carbocycles. The van der Waals surface area contributed by atoms with Gasteiger partial charge in [0.15, 0.2) is 0 Å². The molecule has 0 aromatic heterocycles. The lowest BCUT2D eigenvalue weighted by Gasteiger charge is -2.52. The van der Waals surface area contributed by atoms with Gasteiger partial charge >= 0.3 is 0 Å². The average molecular weight is 280 g/mol. The van der Waals surface area contributed by atoms with E-state index in [1.165, 1.54) is 58.2 Å². The highest BCUT2D eigenvalue weighted by molar-refractivity contribution is 4.96. The largest absolute Gasteiger partial charge is 0.381 e. The smallest absolute Gasteiger partial charge is 0.0586 e. The topological polar surface area (TPSA) is 15.7 Å². The van der Waals surface area contributed by atoms with Gasteiger partial charge in [-0.3, -0.25) is 9.80 Å². The van der Waals surface area contributed by atoms with Crippen LogP contribution in [-0.4, -0.2) is 60.8 Å². The van der Waals surface area contributed by atoms with Crippen molar-refractivity contribution in [2.24, 2.45) is 5.92 Å². The van der Waals surface area contributed by atoms with E-state index < -0.39 is 0 Å². The van der Waals surface area contributed by atoms with Crippen molar-refractivity contribution in [1.29, 1.82) is 0 Å². The minimum Gasteiger partial charge on any atom is -0.381 e. The van der Waals surface area contributed by atoms with Crippen LogP contribution in [0.4, 0.5) is 0 Å². The maximum Gasteiger partial charge on any atom is 0.0586 e. The summed E-state index contributed by atoms with van der Waals surface area (Å²) in [7, 11) is 1.88. The molecule has 0 amide bonds. The van der Waals surface area contributed by atoms with Crippen molar-refractivity contribution < 1.29 is 4.74 Å². The van der Waals surface area contributed by atoms with Crippen LogP contribution in [0, 0.1) is 5.92 Å². The Labute approximate surface area is 124 Å². The number of methoxy groups -OCH3 is 1. The van der Waals surface area contributed by atoms with Crippen LogP contribution in [0.5, 0.6) is 0 Å². The minimum absolute atomic E-state index is 0.511. The van der Waals surface area contributed by atoms with Gasteiger partial charge < -0.3 is 4.74 Å². The van der Waals surface area contributed by atoms with E-state index in [2.05, 4.69) is 23.6 Å². The van der Waals surface area contributed by atoms with Gasteiger partial charge in [-0.25, -0.2) is 0 Å². The van der Waals surface area contributed by atoms with Gasteiger partial charge in [0.1, 0.15) is 0 Å². The highest BCUT2D eigenvalue weighted by atomic mass is 16.5. The van der Waals surface area contributed by atoms with Crippen LogP contribution in [0.2, 0.25) is 0 Å². The summed E-state index contributed by atoms with van der Waals surface area (Å²) >= 11 is 0. The summed E-state index contributed by atoms with van der Waals surface area (Å²) in [5, 5.41) is 0. The average Bonchev–Trinajstić information content (AvgIpc) is 2.94. The molecule has 3 nitrogen and oxygen atoms in total. The van der Waals surface area contributed by atoms with Gasteiger partial charge in [-0.1, -0.05) is 20.3 Å². The maximum atomic E-state index is 5.60. The number of piperazine rings is 1. The Hall–Kier alpha value is -0.120. The molecule has 1 saturated carbocycles. The molecule has 3 heteroatoms. The summed E-state index contributed by atoms with van der Waals surface area (Å²) in [4.78, 5) is 5.66. The maximum absolute atomic E-state index is 5.60. The van der Waals surface area contributed by atoms with Crippen LogP contribution in [0.15, 0.2) is 0 Å². The molecular weight excluding hydrogens is 248 g/mol. The monoisotopic (exact) mass is 280 g/mol. The fraction of sp³-hybridized carbons (Fsp3) is 1.00. The number of hydrogen-bond donors (Lipinski definition) is 0. The number of ether oxygens (including phenoxy) is 1. The van der Waals surface area contributed by atoms with Crippen LogP contribution < -0.4 is 0 Å². The molecule has 0 spiro atoms. The van der Waals surface area contributed by atoms with Crippen LogP contribution in [0.3, 0.4) is 0 Å². The molecule has 1 aliphatic carbocycles. The van der Waals surface area contributed by atoms with Crippen LogP contribution in [-0.2, 0) is 4.74 Å². The van der Waals surface area contributed by atoms with Gasteiger partial charge in [0.05, 0.1) is 6.10 Å². The fourth-order valence-electron chi connectivity index (χ4n) is 4.68. The first kappa shape index (κ1) is 14.8. The van der Waals surface area contributed by atoms with Gasteiger partial charge in [-0.05, 0) is 44.6 Å². The van der Waals surface area contributed by atoms with Gasteiger partial charge in [0.2, 0.25) is 0 Å². The van der Waals surface area contributed by atoms with Crippen LogP contribution in [0.1, 0.15) is 52.4 Å². The Bertz CT molecular complexity index is 320. The van der Waals surface area contributed by atoms with E-state index in [1.54, 1.807) is 0 Å². The number of nitrogens with zero attached hydrogens (tertiary/aromatic N) is 2. The van der Waals surface area contributed by atoms with Crippen molar-refractivity contribution in [2.45, 2.75) is 76.6 Å². The Balaban J connectivity index is 1.70. The number of piperidine rings is 1. The molecule has 4 unspecified atom stereocenters. The minimum atomic E-state index is 0.511. The summed E-state index contributed by atoms with van der Waals surface area (Å²) in [6.45, 7) is 8.77. The zero-order valence-electron chi connectivity index (χ0n) is 13.6. The predicted octanol–water partition coefficient (Wildman–Crippen LogP) is 2.75. The van der Waals surface area contributed by atoms with Gasteiger partial charge in [0.25, 0.3) is 0 Å². The van der Waals surface area contributed by atoms with Gasteiger partial charge in [-0.15, -0.1) is 0 Å². The second kappa shape index (κ2) is 6.33. The van der Waals surface area contributed by atoms with E-state index in [0.717, 1.165) is 24.0 Å². The Morgan fingerprint density at radius 3 is 2.55 bits per heavy atom. The van der Waals surface area contributed by atoms with Crippen molar-refractivity contribution in [3.8, 4) is 0 Å². The summed E-state index contributed by atoms with van der Waals surface area (Å²) in [6, 6.07) is 2.36. The third kappa shape index (κ3) is 2.90. The molecule has 3 aliphatic rings. The third-order valence-corrected chi connectivity index (χ3v) is 5.95. The molecule has 2 aliphatic heterocycles. The third-order valence-electron chi connectivity index (χ3n) is 5.95. The summed E-state index contributed by atoms with van der Waals surface area (Å²) in [5.74, 6) is 0.763. The lowest BCUT2D eigenvalue weighted by molar-refractivity contribution is -0.0318. The Kier molecular flexibility index (Phi) is 4.68. The van der Waals surface area contributed by atoms with Crippen molar-refractivity contribution in [2.75, 3.05) is 26.7 Å². The van der Waals surface area contributed by atoms with Crippen molar-refractivity contribution in [3.05, 3.63) is 0 Å². The van der Waals surface area contributed by atoms with E-state index >= 15 is 0 Å². The second-order valence-corrected chi connectivity index (χ2v) is 7.48. The van der Waals surface area contributed by atoms with Gasteiger partial charge in [0, 0.05) is 38.3 Å². The van der Waals surface area contributed by atoms with E-state index in [-0.39, 0.29) is 0 Å². The summed E-state index contributed by atoms with van der Waals surface area (Å²) < 4.78 is 5.60. The normalized spacial score (nSPS) is 40.2. The molecule has 4 atom stereocenters. The molecule has 2 heterocycles. The molecule has 116 valence electrons. The molecule has 20 heavy (non-hydrogen) atoms. The van der Waals surface area contributed by atoms with E-state index in [0.29, 0.717) is 6.10 Å². The van der Waals surface area contributed by atoms with Crippen molar-refractivity contribution in [3.63, 3.8) is 0 Å².